The lowest BCUT2D eigenvalue weighted by Gasteiger charge is -2.28. The Hall–Kier alpha value is -1.81. The quantitative estimate of drug-likeness (QED) is 0.852. The number of para-hydroxylation sites is 1. The van der Waals surface area contributed by atoms with Crippen LogP contribution >= 0.6 is 15.9 Å². The van der Waals surface area contributed by atoms with Gasteiger partial charge >= 0.3 is 0 Å². The lowest BCUT2D eigenvalue weighted by molar-refractivity contribution is -0.134. The van der Waals surface area contributed by atoms with Crippen LogP contribution in [0.15, 0.2) is 53.0 Å². The van der Waals surface area contributed by atoms with Crippen molar-refractivity contribution >= 4 is 21.8 Å². The van der Waals surface area contributed by atoms with E-state index in [2.05, 4.69) is 28.1 Å². The number of benzene rings is 2. The molecule has 0 radical (unpaired) electrons. The molecular weight excluding hydrogens is 330 g/mol. The second kappa shape index (κ2) is 6.31. The van der Waals surface area contributed by atoms with Gasteiger partial charge < -0.3 is 9.64 Å². The molecule has 1 aliphatic heterocycles. The maximum Gasteiger partial charge on any atom is 0.260 e. The van der Waals surface area contributed by atoms with Gasteiger partial charge in [0, 0.05) is 13.1 Å². The third kappa shape index (κ3) is 3.27. The molecule has 2 aromatic rings. The molecule has 0 saturated carbocycles. The molecule has 108 valence electrons. The van der Waals surface area contributed by atoms with Crippen LogP contribution < -0.4 is 4.74 Å². The molecule has 21 heavy (non-hydrogen) atoms. The predicted octanol–water partition coefficient (Wildman–Crippen LogP) is 3.41. The average molecular weight is 346 g/mol. The lowest BCUT2D eigenvalue weighted by atomic mass is 10.00. The number of hydrogen-bond acceptors (Lipinski definition) is 2. The maximum absolute atomic E-state index is 12.3. The van der Waals surface area contributed by atoms with Crippen LogP contribution in [0.2, 0.25) is 0 Å². The van der Waals surface area contributed by atoms with Crippen LogP contribution in [-0.4, -0.2) is 24.0 Å². The Morgan fingerprint density at radius 1 is 1.10 bits per heavy atom. The molecule has 0 bridgehead atoms. The number of carbonyl (C=O) groups is 1. The minimum Gasteiger partial charge on any atom is -0.483 e. The zero-order valence-electron chi connectivity index (χ0n) is 11.6. The number of ether oxygens (including phenoxy) is 1. The van der Waals surface area contributed by atoms with E-state index >= 15 is 0 Å². The van der Waals surface area contributed by atoms with Gasteiger partial charge in [-0.1, -0.05) is 36.4 Å². The molecule has 0 unspecified atom stereocenters. The topological polar surface area (TPSA) is 29.5 Å². The van der Waals surface area contributed by atoms with Gasteiger partial charge in [0.2, 0.25) is 0 Å². The standard InChI is InChI=1S/C17H16BrNO2/c18-15-7-3-4-8-16(15)21-12-17(20)19-10-9-13-5-1-2-6-14(13)11-19/h1-8H,9-12H2. The Bertz CT molecular complexity index is 657. The molecule has 0 aliphatic carbocycles. The Kier molecular flexibility index (Phi) is 4.25. The van der Waals surface area contributed by atoms with Gasteiger partial charge in [-0.2, -0.15) is 0 Å². The first-order valence-electron chi connectivity index (χ1n) is 6.96. The van der Waals surface area contributed by atoms with Gasteiger partial charge in [0.25, 0.3) is 5.91 Å². The molecule has 0 N–H and O–H groups in total. The van der Waals surface area contributed by atoms with Crippen LogP contribution in [-0.2, 0) is 17.8 Å². The molecule has 0 atom stereocenters. The Labute approximate surface area is 132 Å². The predicted molar refractivity (Wildman–Crippen MR) is 85.2 cm³/mol. The van der Waals surface area contributed by atoms with Gasteiger partial charge in [0.15, 0.2) is 6.61 Å². The van der Waals surface area contributed by atoms with Crippen molar-refractivity contribution in [3.05, 3.63) is 64.1 Å². The summed E-state index contributed by atoms with van der Waals surface area (Å²) in [4.78, 5) is 14.1. The highest BCUT2D eigenvalue weighted by molar-refractivity contribution is 9.10. The van der Waals surface area contributed by atoms with Crippen molar-refractivity contribution in [2.45, 2.75) is 13.0 Å². The minimum atomic E-state index is 0.0280. The summed E-state index contributed by atoms with van der Waals surface area (Å²) < 4.78 is 6.46. The first-order valence-corrected chi connectivity index (χ1v) is 7.75. The fourth-order valence-corrected chi connectivity index (χ4v) is 2.90. The second-order valence-electron chi connectivity index (χ2n) is 5.05. The monoisotopic (exact) mass is 345 g/mol. The van der Waals surface area contributed by atoms with Gasteiger partial charge in [-0.15, -0.1) is 0 Å². The smallest absolute Gasteiger partial charge is 0.260 e. The number of carbonyl (C=O) groups excluding carboxylic acids is 1. The van der Waals surface area contributed by atoms with Gasteiger partial charge in [-0.25, -0.2) is 0 Å². The van der Waals surface area contributed by atoms with Gasteiger partial charge in [0.05, 0.1) is 4.47 Å². The molecule has 3 nitrogen and oxygen atoms in total. The van der Waals surface area contributed by atoms with E-state index in [4.69, 9.17) is 4.74 Å². The Morgan fingerprint density at radius 2 is 1.81 bits per heavy atom. The zero-order valence-corrected chi connectivity index (χ0v) is 13.2. The number of amides is 1. The third-order valence-corrected chi connectivity index (χ3v) is 4.33. The molecule has 4 heteroatoms. The van der Waals surface area contributed by atoms with Crippen LogP contribution in [0.5, 0.6) is 5.75 Å². The van der Waals surface area contributed by atoms with E-state index in [1.807, 2.05) is 41.3 Å². The summed E-state index contributed by atoms with van der Waals surface area (Å²) in [6.07, 6.45) is 0.914. The van der Waals surface area contributed by atoms with Crippen molar-refractivity contribution in [3.63, 3.8) is 0 Å². The molecule has 1 heterocycles. The molecule has 1 amide bonds. The van der Waals surface area contributed by atoms with E-state index in [1.54, 1.807) is 0 Å². The largest absolute Gasteiger partial charge is 0.483 e. The van der Waals surface area contributed by atoms with Crippen molar-refractivity contribution in [3.8, 4) is 5.75 Å². The maximum atomic E-state index is 12.3. The summed E-state index contributed by atoms with van der Waals surface area (Å²) in [5, 5.41) is 0. The highest BCUT2D eigenvalue weighted by Crippen LogP contribution is 2.24. The molecular formula is C17H16BrNO2. The number of hydrogen-bond donors (Lipinski definition) is 0. The average Bonchev–Trinajstić information content (AvgIpc) is 2.53. The number of nitrogens with zero attached hydrogens (tertiary/aromatic N) is 1. The van der Waals surface area contributed by atoms with Gasteiger partial charge in [-0.3, -0.25) is 4.79 Å². The highest BCUT2D eigenvalue weighted by atomic mass is 79.9. The Balaban J connectivity index is 1.61. The zero-order chi connectivity index (χ0) is 14.7. The van der Waals surface area contributed by atoms with Crippen molar-refractivity contribution in [2.24, 2.45) is 0 Å². The van der Waals surface area contributed by atoms with Crippen molar-refractivity contribution in [1.82, 2.24) is 4.90 Å². The van der Waals surface area contributed by atoms with Crippen LogP contribution in [0.1, 0.15) is 11.1 Å². The fraction of sp³-hybridized carbons (Fsp3) is 0.235. The summed E-state index contributed by atoms with van der Waals surface area (Å²) in [6.45, 7) is 1.51. The fourth-order valence-electron chi connectivity index (χ4n) is 2.50. The third-order valence-electron chi connectivity index (χ3n) is 3.67. The SMILES string of the molecule is O=C(COc1ccccc1Br)N1CCc2ccccc2C1. The van der Waals surface area contributed by atoms with E-state index in [1.165, 1.54) is 11.1 Å². The van der Waals surface area contributed by atoms with E-state index in [0.29, 0.717) is 12.3 Å². The molecule has 2 aromatic carbocycles. The minimum absolute atomic E-state index is 0.0280. The van der Waals surface area contributed by atoms with E-state index < -0.39 is 0 Å². The first kappa shape index (κ1) is 14.1. The summed E-state index contributed by atoms with van der Waals surface area (Å²) in [6, 6.07) is 15.8. The van der Waals surface area contributed by atoms with E-state index in [9.17, 15) is 4.79 Å². The van der Waals surface area contributed by atoms with Crippen molar-refractivity contribution < 1.29 is 9.53 Å². The van der Waals surface area contributed by atoms with Crippen LogP contribution in [0, 0.1) is 0 Å². The molecule has 0 fully saturated rings. The molecule has 3 rings (SSSR count). The summed E-state index contributed by atoms with van der Waals surface area (Å²) in [7, 11) is 0. The van der Waals surface area contributed by atoms with Gasteiger partial charge in [0.1, 0.15) is 5.75 Å². The molecule has 0 spiro atoms. The van der Waals surface area contributed by atoms with Gasteiger partial charge in [-0.05, 0) is 45.6 Å². The van der Waals surface area contributed by atoms with Crippen LogP contribution in [0.4, 0.5) is 0 Å². The number of fused-ring (bicyclic) bond motifs is 1. The molecule has 1 aliphatic rings. The lowest BCUT2D eigenvalue weighted by Crippen LogP contribution is -2.38. The van der Waals surface area contributed by atoms with E-state index in [-0.39, 0.29) is 12.5 Å². The van der Waals surface area contributed by atoms with E-state index in [0.717, 1.165) is 17.4 Å². The normalized spacial score (nSPS) is 13.7. The number of halogens is 1. The Morgan fingerprint density at radius 3 is 2.62 bits per heavy atom. The summed E-state index contributed by atoms with van der Waals surface area (Å²) in [5.74, 6) is 0.725. The second-order valence-corrected chi connectivity index (χ2v) is 5.91. The highest BCUT2D eigenvalue weighted by Gasteiger charge is 2.20. The van der Waals surface area contributed by atoms with Crippen LogP contribution in [0.3, 0.4) is 0 Å². The van der Waals surface area contributed by atoms with Crippen molar-refractivity contribution in [2.75, 3.05) is 13.2 Å². The van der Waals surface area contributed by atoms with Crippen LogP contribution in [0.25, 0.3) is 0 Å². The molecule has 0 saturated heterocycles. The molecule has 0 aromatic heterocycles. The van der Waals surface area contributed by atoms with Crippen molar-refractivity contribution in [1.29, 1.82) is 0 Å². The summed E-state index contributed by atoms with van der Waals surface area (Å²) in [5.41, 5.74) is 2.58. The first-order chi connectivity index (χ1) is 10.2. The summed E-state index contributed by atoms with van der Waals surface area (Å²) >= 11 is 3.41. The number of rotatable bonds is 3.